The van der Waals surface area contributed by atoms with E-state index in [9.17, 15) is 34.1 Å². The lowest BCUT2D eigenvalue weighted by atomic mass is 10.1. The first-order valence-corrected chi connectivity index (χ1v) is 12.3. The van der Waals surface area contributed by atoms with Crippen LogP contribution in [0.4, 0.5) is 11.4 Å². The van der Waals surface area contributed by atoms with Crippen LogP contribution in [0.2, 0.25) is 0 Å². The molecule has 0 saturated carbocycles. The van der Waals surface area contributed by atoms with E-state index in [1.165, 1.54) is 49.4 Å². The number of hydrogen-bond donors (Lipinski definition) is 1. The maximum Gasteiger partial charge on any atom is 0.338 e. The van der Waals surface area contributed by atoms with Gasteiger partial charge in [-0.1, -0.05) is 42.5 Å². The molecule has 0 aliphatic rings. The van der Waals surface area contributed by atoms with E-state index in [0.717, 1.165) is 6.07 Å². The zero-order chi connectivity index (χ0) is 29.1. The molecule has 0 aliphatic carbocycles. The molecule has 0 aliphatic heterocycles. The third-order valence-electron chi connectivity index (χ3n) is 5.64. The number of carbonyl (C=O) groups is 5. The van der Waals surface area contributed by atoms with Crippen LogP contribution in [0.5, 0.6) is 0 Å². The second kappa shape index (κ2) is 14.1. The molecule has 0 unspecified atom stereocenters. The molecule has 3 aromatic rings. The Morgan fingerprint density at radius 1 is 0.850 bits per heavy atom. The maximum absolute atomic E-state index is 12.4. The number of esters is 2. The number of anilines is 1. The first kappa shape index (κ1) is 29.4. The van der Waals surface area contributed by atoms with Crippen molar-refractivity contribution in [3.05, 3.63) is 106 Å². The molecular formula is C29H26N2O9. The summed E-state index contributed by atoms with van der Waals surface area (Å²) in [5.41, 5.74) is 0.856. The lowest BCUT2D eigenvalue weighted by Crippen LogP contribution is -2.24. The molecule has 3 aromatic carbocycles. The fraction of sp³-hybridized carbons (Fsp3) is 0.207. The van der Waals surface area contributed by atoms with E-state index < -0.39 is 35.4 Å². The van der Waals surface area contributed by atoms with Gasteiger partial charge in [0.1, 0.15) is 0 Å². The first-order chi connectivity index (χ1) is 19.1. The molecule has 0 spiro atoms. The van der Waals surface area contributed by atoms with Gasteiger partial charge in [-0.25, -0.2) is 4.79 Å². The van der Waals surface area contributed by atoms with E-state index >= 15 is 0 Å². The summed E-state index contributed by atoms with van der Waals surface area (Å²) in [5.74, 6) is -2.65. The van der Waals surface area contributed by atoms with Crippen molar-refractivity contribution in [3.8, 4) is 0 Å². The van der Waals surface area contributed by atoms with Crippen LogP contribution in [0.3, 0.4) is 0 Å². The number of rotatable bonds is 13. The molecule has 40 heavy (non-hydrogen) atoms. The monoisotopic (exact) mass is 546 g/mol. The molecule has 3 rings (SSSR count). The molecule has 0 saturated heterocycles. The summed E-state index contributed by atoms with van der Waals surface area (Å²) in [6, 6.07) is 19.5. The molecule has 0 heterocycles. The van der Waals surface area contributed by atoms with Crippen molar-refractivity contribution in [2.24, 2.45) is 0 Å². The topological polar surface area (TPSA) is 159 Å². The number of nitrogens with one attached hydrogen (secondary N) is 1. The molecule has 11 nitrogen and oxygen atoms in total. The van der Waals surface area contributed by atoms with Gasteiger partial charge in [-0.15, -0.1) is 0 Å². The summed E-state index contributed by atoms with van der Waals surface area (Å²) < 4.78 is 10.2. The molecular weight excluding hydrogens is 520 g/mol. The third kappa shape index (κ3) is 8.69. The SMILES string of the molecule is C[C@@H](OC(=O)c1ccc(NC(=O)CCCC(=O)OCC(=O)c2cccc([N+](=O)[O-])c2)cc1)C(=O)c1ccccc1. The number of ketones is 2. The largest absolute Gasteiger partial charge is 0.457 e. The highest BCUT2D eigenvalue weighted by atomic mass is 16.6. The average Bonchev–Trinajstić information content (AvgIpc) is 2.96. The molecule has 1 atom stereocenters. The number of ether oxygens (including phenoxy) is 2. The number of nitrogens with zero attached hydrogens (tertiary/aromatic N) is 1. The van der Waals surface area contributed by atoms with Crippen LogP contribution < -0.4 is 5.32 Å². The number of nitro benzene ring substituents is 1. The lowest BCUT2D eigenvalue weighted by Gasteiger charge is -2.12. The summed E-state index contributed by atoms with van der Waals surface area (Å²) in [5, 5.41) is 13.5. The van der Waals surface area contributed by atoms with E-state index in [2.05, 4.69) is 5.32 Å². The summed E-state index contributed by atoms with van der Waals surface area (Å²) in [7, 11) is 0. The highest BCUT2D eigenvalue weighted by Crippen LogP contribution is 2.15. The van der Waals surface area contributed by atoms with Crippen molar-refractivity contribution in [1.29, 1.82) is 0 Å². The van der Waals surface area contributed by atoms with Crippen molar-refractivity contribution < 1.29 is 38.4 Å². The zero-order valence-corrected chi connectivity index (χ0v) is 21.5. The van der Waals surface area contributed by atoms with Gasteiger partial charge in [0.05, 0.1) is 10.5 Å². The summed E-state index contributed by atoms with van der Waals surface area (Å²) in [4.78, 5) is 71.2. The van der Waals surface area contributed by atoms with E-state index in [1.54, 1.807) is 30.3 Å². The Kier molecular flexibility index (Phi) is 10.4. The van der Waals surface area contributed by atoms with Gasteiger partial charge in [-0.05, 0) is 37.6 Å². The second-order valence-electron chi connectivity index (χ2n) is 8.65. The summed E-state index contributed by atoms with van der Waals surface area (Å²) >= 11 is 0. The van der Waals surface area contributed by atoms with Crippen LogP contribution in [-0.4, -0.2) is 47.0 Å². The zero-order valence-electron chi connectivity index (χ0n) is 21.5. The van der Waals surface area contributed by atoms with Crippen LogP contribution in [0.15, 0.2) is 78.9 Å². The van der Waals surface area contributed by atoms with Gasteiger partial charge in [0.2, 0.25) is 17.5 Å². The predicted octanol–water partition coefficient (Wildman–Crippen LogP) is 4.56. The minimum absolute atomic E-state index is 0.00314. The normalized spacial score (nSPS) is 11.1. The van der Waals surface area contributed by atoms with Crippen LogP contribution in [-0.2, 0) is 19.1 Å². The molecule has 1 amide bonds. The Labute approximate surface area is 229 Å². The van der Waals surface area contributed by atoms with E-state index in [0.29, 0.717) is 11.3 Å². The van der Waals surface area contributed by atoms with Crippen molar-refractivity contribution in [1.82, 2.24) is 0 Å². The Hall–Kier alpha value is -5.19. The van der Waals surface area contributed by atoms with Gasteiger partial charge in [-0.3, -0.25) is 29.3 Å². The van der Waals surface area contributed by atoms with Crippen molar-refractivity contribution in [2.45, 2.75) is 32.3 Å². The highest BCUT2D eigenvalue weighted by molar-refractivity contribution is 6.01. The smallest absolute Gasteiger partial charge is 0.338 e. The summed E-state index contributed by atoms with van der Waals surface area (Å²) in [6.07, 6.45) is -0.927. The molecule has 0 aromatic heterocycles. The van der Waals surface area contributed by atoms with Crippen molar-refractivity contribution in [2.75, 3.05) is 11.9 Å². The van der Waals surface area contributed by atoms with Crippen LogP contribution in [0.1, 0.15) is 57.3 Å². The van der Waals surface area contributed by atoms with Gasteiger partial charge in [0.15, 0.2) is 12.7 Å². The fourth-order valence-electron chi connectivity index (χ4n) is 3.52. The molecule has 206 valence electrons. The molecule has 11 heteroatoms. The minimum atomic E-state index is -0.973. The number of Topliss-reactive ketones (excluding diaryl/α,β-unsaturated/α-hetero) is 2. The van der Waals surface area contributed by atoms with Crippen molar-refractivity contribution in [3.63, 3.8) is 0 Å². The first-order valence-electron chi connectivity index (χ1n) is 12.3. The minimum Gasteiger partial charge on any atom is -0.457 e. The maximum atomic E-state index is 12.4. The number of non-ortho nitro benzene ring substituents is 1. The Morgan fingerprint density at radius 2 is 1.52 bits per heavy atom. The fourth-order valence-corrected chi connectivity index (χ4v) is 3.52. The third-order valence-corrected chi connectivity index (χ3v) is 5.64. The molecule has 1 N–H and O–H groups in total. The molecule has 0 bridgehead atoms. The van der Waals surface area contributed by atoms with E-state index in [4.69, 9.17) is 9.47 Å². The van der Waals surface area contributed by atoms with Gasteiger partial charge in [0, 0.05) is 41.8 Å². The average molecular weight is 547 g/mol. The number of nitro groups is 1. The van der Waals surface area contributed by atoms with Gasteiger partial charge < -0.3 is 14.8 Å². The number of benzene rings is 3. The highest BCUT2D eigenvalue weighted by Gasteiger charge is 2.20. The van der Waals surface area contributed by atoms with Crippen molar-refractivity contribution >= 4 is 40.8 Å². The molecule has 0 radical (unpaired) electrons. The van der Waals surface area contributed by atoms with Gasteiger partial charge in [0.25, 0.3) is 5.69 Å². The summed E-state index contributed by atoms with van der Waals surface area (Å²) in [6.45, 7) is 0.924. The van der Waals surface area contributed by atoms with E-state index in [-0.39, 0.29) is 47.8 Å². The Morgan fingerprint density at radius 3 is 2.20 bits per heavy atom. The van der Waals surface area contributed by atoms with Gasteiger partial charge in [-0.2, -0.15) is 0 Å². The number of carbonyl (C=O) groups excluding carboxylic acids is 5. The molecule has 0 fully saturated rings. The standard InChI is InChI=1S/C29H26N2O9/c1-19(28(35)20-7-3-2-4-8-20)40-29(36)21-13-15-23(16-14-21)30-26(33)11-6-12-27(34)39-18-25(32)22-9-5-10-24(17-22)31(37)38/h2-5,7-10,13-17,19H,6,11-12,18H2,1H3,(H,30,33)/t19-/m1/s1. The number of hydrogen-bond acceptors (Lipinski definition) is 9. The van der Waals surface area contributed by atoms with Gasteiger partial charge >= 0.3 is 11.9 Å². The Bertz CT molecular complexity index is 1400. The van der Waals surface area contributed by atoms with Crippen LogP contribution in [0.25, 0.3) is 0 Å². The van der Waals surface area contributed by atoms with E-state index in [1.807, 2.05) is 0 Å². The van der Waals surface area contributed by atoms with Crippen LogP contribution in [0, 0.1) is 10.1 Å². The van der Waals surface area contributed by atoms with Crippen LogP contribution >= 0.6 is 0 Å². The quantitative estimate of drug-likeness (QED) is 0.140. The lowest BCUT2D eigenvalue weighted by molar-refractivity contribution is -0.384. The second-order valence-corrected chi connectivity index (χ2v) is 8.65. The number of amides is 1. The Balaban J connectivity index is 1.38. The predicted molar refractivity (Wildman–Crippen MR) is 143 cm³/mol.